The Morgan fingerprint density at radius 1 is 0.976 bits per heavy atom. The van der Waals surface area contributed by atoms with Crippen LogP contribution in [0.5, 0.6) is 5.75 Å². The van der Waals surface area contributed by atoms with Crippen LogP contribution in [0.25, 0.3) is 0 Å². The number of urea groups is 1. The number of alkyl halides is 7. The third-order valence-corrected chi connectivity index (χ3v) is 6.63. The summed E-state index contributed by atoms with van der Waals surface area (Å²) in [7, 11) is 0. The van der Waals surface area contributed by atoms with Gasteiger partial charge in [-0.15, -0.1) is 11.3 Å². The minimum absolute atomic E-state index is 0.0732. The molecule has 1 atom stereocenters. The zero-order valence-electron chi connectivity index (χ0n) is 20.4. The van der Waals surface area contributed by atoms with Gasteiger partial charge in [-0.05, 0) is 35.4 Å². The number of hydrogen-bond donors (Lipinski definition) is 2. The van der Waals surface area contributed by atoms with Gasteiger partial charge in [0.1, 0.15) is 11.3 Å². The summed E-state index contributed by atoms with van der Waals surface area (Å²) in [5, 5.41) is 5.50. The molecule has 41 heavy (non-hydrogen) atoms. The van der Waals surface area contributed by atoms with Crippen LogP contribution in [0.15, 0.2) is 78.3 Å². The van der Waals surface area contributed by atoms with Crippen molar-refractivity contribution in [1.29, 1.82) is 0 Å². The zero-order chi connectivity index (χ0) is 29.8. The molecule has 216 valence electrons. The lowest BCUT2D eigenvalue weighted by molar-refractivity contribution is -0.253. The Kier molecular flexibility index (Phi) is 8.73. The molecule has 0 aliphatic rings. The van der Waals surface area contributed by atoms with Gasteiger partial charge < -0.3 is 10.1 Å². The first-order valence-electron chi connectivity index (χ1n) is 11.5. The predicted molar refractivity (Wildman–Crippen MR) is 137 cm³/mol. The highest BCUT2D eigenvalue weighted by molar-refractivity contribution is 7.13. The fourth-order valence-corrected chi connectivity index (χ4v) is 4.69. The monoisotopic (exact) mass is 618 g/mol. The quantitative estimate of drug-likeness (QED) is 0.188. The maximum atomic E-state index is 13.7. The van der Waals surface area contributed by atoms with E-state index >= 15 is 0 Å². The molecule has 2 heterocycles. The number of amides is 2. The SMILES string of the molecule is O=C(Nc1nc(C(F)(F)F)cs1)NC(Cc1ccccc1)(c1cccc(OC(F)(F)C(F)F)c1)c1ccc(Cl)cn1. The second-order valence-electron chi connectivity index (χ2n) is 8.54. The number of rotatable bonds is 9. The fourth-order valence-electron chi connectivity index (χ4n) is 3.86. The Hall–Kier alpha value is -3.91. The molecule has 4 aromatic rings. The van der Waals surface area contributed by atoms with Crippen LogP contribution in [0.3, 0.4) is 0 Å². The molecular formula is C26H18ClF7N4O2S. The molecule has 1 unspecified atom stereocenters. The lowest BCUT2D eigenvalue weighted by Crippen LogP contribution is -2.50. The topological polar surface area (TPSA) is 76.1 Å². The molecule has 0 aliphatic heterocycles. The first kappa shape index (κ1) is 30.1. The van der Waals surface area contributed by atoms with Crippen LogP contribution in [-0.2, 0) is 18.1 Å². The molecule has 0 spiro atoms. The van der Waals surface area contributed by atoms with E-state index in [1.165, 1.54) is 30.5 Å². The van der Waals surface area contributed by atoms with Gasteiger partial charge in [0.25, 0.3) is 0 Å². The van der Waals surface area contributed by atoms with Crippen LogP contribution in [0, 0.1) is 0 Å². The van der Waals surface area contributed by atoms with Crippen LogP contribution < -0.4 is 15.4 Å². The maximum Gasteiger partial charge on any atom is 0.461 e. The highest BCUT2D eigenvalue weighted by Crippen LogP contribution is 2.37. The van der Waals surface area contributed by atoms with Gasteiger partial charge in [0.15, 0.2) is 10.8 Å². The molecule has 15 heteroatoms. The highest BCUT2D eigenvalue weighted by atomic mass is 35.5. The average molecular weight is 619 g/mol. The number of thiazole rings is 1. The lowest BCUT2D eigenvalue weighted by atomic mass is 9.80. The molecule has 2 amide bonds. The van der Waals surface area contributed by atoms with E-state index < -0.39 is 41.7 Å². The van der Waals surface area contributed by atoms with Gasteiger partial charge in [0.05, 0.1) is 10.7 Å². The third kappa shape index (κ3) is 7.24. The summed E-state index contributed by atoms with van der Waals surface area (Å²) in [6, 6.07) is 15.1. The number of anilines is 1. The summed E-state index contributed by atoms with van der Waals surface area (Å²) in [6.07, 6.45) is -12.5. The van der Waals surface area contributed by atoms with E-state index in [-0.39, 0.29) is 27.8 Å². The van der Waals surface area contributed by atoms with Crippen LogP contribution in [0.2, 0.25) is 5.02 Å². The van der Waals surface area contributed by atoms with Gasteiger partial charge in [-0.25, -0.2) is 9.78 Å². The Bertz CT molecular complexity index is 1490. The molecule has 0 saturated carbocycles. The summed E-state index contributed by atoms with van der Waals surface area (Å²) in [6.45, 7) is 0. The zero-order valence-corrected chi connectivity index (χ0v) is 22.0. The van der Waals surface area contributed by atoms with E-state index in [1.54, 1.807) is 30.3 Å². The number of halogens is 8. The Labute approximate surface area is 237 Å². The number of ether oxygens (including phenoxy) is 1. The number of nitrogens with zero attached hydrogens (tertiary/aromatic N) is 2. The van der Waals surface area contributed by atoms with Crippen molar-refractivity contribution >= 4 is 34.1 Å². The van der Waals surface area contributed by atoms with Crippen molar-refractivity contribution in [3.8, 4) is 5.75 Å². The van der Waals surface area contributed by atoms with Gasteiger partial charge in [-0.1, -0.05) is 54.1 Å². The predicted octanol–water partition coefficient (Wildman–Crippen LogP) is 7.76. The van der Waals surface area contributed by atoms with Crippen molar-refractivity contribution < 1.29 is 40.3 Å². The number of hydrogen-bond acceptors (Lipinski definition) is 5. The van der Waals surface area contributed by atoms with Crippen molar-refractivity contribution in [3.63, 3.8) is 0 Å². The molecule has 0 fully saturated rings. The van der Waals surface area contributed by atoms with Gasteiger partial charge in [0.2, 0.25) is 0 Å². The molecule has 2 N–H and O–H groups in total. The number of carbonyl (C=O) groups is 1. The number of benzene rings is 2. The molecule has 0 bridgehead atoms. The van der Waals surface area contributed by atoms with Crippen LogP contribution in [0.1, 0.15) is 22.5 Å². The first-order valence-corrected chi connectivity index (χ1v) is 12.8. The second kappa shape index (κ2) is 11.9. The van der Waals surface area contributed by atoms with E-state index in [2.05, 4.69) is 25.3 Å². The van der Waals surface area contributed by atoms with Crippen LogP contribution in [-0.4, -0.2) is 28.5 Å². The standard InChI is InChI=1S/C26H18ClF7N4O2S/c27-17-9-10-19(35-13-17)24(12-15-5-2-1-3-6-15,16-7-4-8-18(11-16)40-26(33,34)21(28)29)38-22(39)37-23-36-20(14-41-23)25(30,31)32/h1-11,13-14,21H,12H2,(H2,36,37,38,39). The van der Waals surface area contributed by atoms with E-state index in [1.807, 2.05) is 0 Å². The van der Waals surface area contributed by atoms with E-state index in [0.717, 1.165) is 17.5 Å². The molecule has 0 saturated heterocycles. The number of carbonyl (C=O) groups excluding carboxylic acids is 1. The van der Waals surface area contributed by atoms with E-state index in [0.29, 0.717) is 16.9 Å². The molecule has 4 rings (SSSR count). The highest BCUT2D eigenvalue weighted by Gasteiger charge is 2.45. The molecule has 0 radical (unpaired) electrons. The maximum absolute atomic E-state index is 13.7. The summed E-state index contributed by atoms with van der Waals surface area (Å²) >= 11 is 6.54. The molecule has 2 aromatic carbocycles. The van der Waals surface area contributed by atoms with E-state index in [4.69, 9.17) is 11.6 Å². The summed E-state index contributed by atoms with van der Waals surface area (Å²) < 4.78 is 96.5. The normalized spacial score (nSPS) is 13.5. The second-order valence-corrected chi connectivity index (χ2v) is 9.83. The van der Waals surface area contributed by atoms with Gasteiger partial charge >= 0.3 is 24.7 Å². The van der Waals surface area contributed by atoms with Crippen LogP contribution in [0.4, 0.5) is 40.7 Å². The minimum Gasteiger partial charge on any atom is -0.428 e. The molecule has 6 nitrogen and oxygen atoms in total. The van der Waals surface area contributed by atoms with E-state index in [9.17, 15) is 35.5 Å². The lowest BCUT2D eigenvalue weighted by Gasteiger charge is -2.35. The Morgan fingerprint density at radius 2 is 1.71 bits per heavy atom. The average Bonchev–Trinajstić information content (AvgIpc) is 3.38. The number of pyridine rings is 1. The molecule has 2 aromatic heterocycles. The largest absolute Gasteiger partial charge is 0.461 e. The van der Waals surface area contributed by atoms with Gasteiger partial charge in [0, 0.05) is 18.0 Å². The van der Waals surface area contributed by atoms with Gasteiger partial charge in [-0.3, -0.25) is 10.3 Å². The Balaban J connectivity index is 1.82. The fraction of sp³-hybridized carbons (Fsp3) is 0.192. The summed E-state index contributed by atoms with van der Waals surface area (Å²) in [4.78, 5) is 20.9. The Morgan fingerprint density at radius 3 is 2.32 bits per heavy atom. The third-order valence-electron chi connectivity index (χ3n) is 5.65. The van der Waals surface area contributed by atoms with Crippen molar-refractivity contribution in [3.05, 3.63) is 106 Å². The minimum atomic E-state index is -4.81. The van der Waals surface area contributed by atoms with Crippen molar-refractivity contribution in [2.24, 2.45) is 0 Å². The first-order chi connectivity index (χ1) is 19.3. The van der Waals surface area contributed by atoms with Crippen LogP contribution >= 0.6 is 22.9 Å². The summed E-state index contributed by atoms with van der Waals surface area (Å²) in [5.41, 5.74) is -2.10. The number of nitrogens with one attached hydrogen (secondary N) is 2. The molecule has 0 aliphatic carbocycles. The van der Waals surface area contributed by atoms with Gasteiger partial charge in [-0.2, -0.15) is 30.7 Å². The van der Waals surface area contributed by atoms with Crippen molar-refractivity contribution in [2.45, 2.75) is 30.7 Å². The van der Waals surface area contributed by atoms with Crippen molar-refractivity contribution in [2.75, 3.05) is 5.32 Å². The molecular weight excluding hydrogens is 601 g/mol. The number of aromatic nitrogens is 2. The van der Waals surface area contributed by atoms with Crippen molar-refractivity contribution in [1.82, 2.24) is 15.3 Å². The smallest absolute Gasteiger partial charge is 0.428 e. The summed E-state index contributed by atoms with van der Waals surface area (Å²) in [5.74, 6) is -0.642.